The van der Waals surface area contributed by atoms with Gasteiger partial charge in [0.05, 0.1) is 0 Å². The molecular formula is C34H51N7O. The van der Waals surface area contributed by atoms with Crippen molar-refractivity contribution in [3.05, 3.63) is 48.2 Å². The molecule has 3 saturated heterocycles. The Balaban J connectivity index is 1.04. The fourth-order valence-electron chi connectivity index (χ4n) is 7.80. The second-order valence-electron chi connectivity index (χ2n) is 12.9. The lowest BCUT2D eigenvalue weighted by atomic mass is 9.92. The normalized spacial score (nSPS) is 25.0. The maximum Gasteiger partial charge on any atom is 0.253 e. The van der Waals surface area contributed by atoms with Crippen molar-refractivity contribution in [3.63, 3.8) is 0 Å². The molecule has 1 N–H and O–H groups in total. The van der Waals surface area contributed by atoms with Crippen molar-refractivity contribution in [1.82, 2.24) is 24.7 Å². The molecule has 4 fully saturated rings. The molecule has 228 valence electrons. The number of likely N-dealkylation sites (tertiary alicyclic amines) is 1. The highest BCUT2D eigenvalue weighted by molar-refractivity contribution is 5.94. The maximum absolute atomic E-state index is 12.9. The number of hydrogen-bond acceptors (Lipinski definition) is 7. The topological polar surface area (TPSA) is 67.8 Å². The first-order valence-corrected chi connectivity index (χ1v) is 16.9. The van der Waals surface area contributed by atoms with Crippen LogP contribution in [0.1, 0.15) is 87.4 Å². The highest BCUT2D eigenvalue weighted by Gasteiger charge is 2.38. The van der Waals surface area contributed by atoms with E-state index in [1.165, 1.54) is 83.6 Å². The van der Waals surface area contributed by atoms with E-state index in [2.05, 4.69) is 31.1 Å². The quantitative estimate of drug-likeness (QED) is 0.438. The highest BCUT2D eigenvalue weighted by atomic mass is 16.2. The molecule has 1 amide bonds. The van der Waals surface area contributed by atoms with Crippen LogP contribution in [0.4, 0.5) is 11.8 Å². The first-order chi connectivity index (χ1) is 20.7. The molecule has 42 heavy (non-hydrogen) atoms. The molecular weight excluding hydrogens is 522 g/mol. The molecule has 1 aliphatic carbocycles. The number of carbonyl (C=O) groups is 1. The first kappa shape index (κ1) is 29.4. The van der Waals surface area contributed by atoms with Crippen LogP contribution < -0.4 is 10.2 Å². The number of piperazine rings is 1. The third-order valence-electron chi connectivity index (χ3n) is 10.2. The number of anilines is 2. The van der Waals surface area contributed by atoms with E-state index in [9.17, 15) is 4.79 Å². The van der Waals surface area contributed by atoms with Gasteiger partial charge >= 0.3 is 0 Å². The number of benzene rings is 1. The van der Waals surface area contributed by atoms with Gasteiger partial charge in [-0.1, -0.05) is 50.3 Å². The number of nitrogens with zero attached hydrogens (tertiary/aromatic N) is 6. The summed E-state index contributed by atoms with van der Waals surface area (Å²) in [5, 5.41) is 3.83. The minimum Gasteiger partial charge on any atom is -0.356 e. The molecule has 4 heterocycles. The summed E-state index contributed by atoms with van der Waals surface area (Å²) in [6.07, 6.45) is 17.5. The van der Waals surface area contributed by atoms with Crippen molar-refractivity contribution in [3.8, 4) is 0 Å². The van der Waals surface area contributed by atoms with Gasteiger partial charge in [0, 0.05) is 75.7 Å². The van der Waals surface area contributed by atoms with Crippen LogP contribution in [-0.4, -0.2) is 101 Å². The molecule has 0 spiro atoms. The number of carbonyl (C=O) groups excluding carboxylic acids is 1. The fraction of sp³-hybridized carbons (Fsp3) is 0.676. The summed E-state index contributed by atoms with van der Waals surface area (Å²) in [5.41, 5.74) is 0.800. The van der Waals surface area contributed by atoms with Gasteiger partial charge in [-0.25, -0.2) is 4.98 Å². The Labute approximate surface area is 252 Å². The molecule has 2 aromatic rings. The number of hydrogen-bond donors (Lipinski definition) is 1. The zero-order valence-corrected chi connectivity index (χ0v) is 25.5. The van der Waals surface area contributed by atoms with Crippen molar-refractivity contribution in [2.24, 2.45) is 0 Å². The van der Waals surface area contributed by atoms with Crippen LogP contribution >= 0.6 is 0 Å². The predicted molar refractivity (Wildman–Crippen MR) is 170 cm³/mol. The van der Waals surface area contributed by atoms with Gasteiger partial charge in [0.25, 0.3) is 5.91 Å². The van der Waals surface area contributed by atoms with E-state index in [0.29, 0.717) is 12.1 Å². The summed E-state index contributed by atoms with van der Waals surface area (Å²) < 4.78 is 0. The second-order valence-corrected chi connectivity index (χ2v) is 12.9. The Morgan fingerprint density at radius 2 is 1.55 bits per heavy atom. The van der Waals surface area contributed by atoms with Crippen molar-refractivity contribution < 1.29 is 4.79 Å². The van der Waals surface area contributed by atoms with E-state index in [1.807, 2.05) is 41.4 Å². The lowest BCUT2D eigenvalue weighted by Gasteiger charge is -2.38. The smallest absolute Gasteiger partial charge is 0.253 e. The van der Waals surface area contributed by atoms with Crippen molar-refractivity contribution in [1.29, 1.82) is 0 Å². The average Bonchev–Trinajstić information content (AvgIpc) is 3.24. The molecule has 3 aliphatic heterocycles. The number of amides is 1. The Bertz CT molecular complexity index is 1110. The summed E-state index contributed by atoms with van der Waals surface area (Å²) in [5.74, 6) is 2.05. The van der Waals surface area contributed by atoms with Gasteiger partial charge in [0.1, 0.15) is 5.82 Å². The predicted octanol–water partition coefficient (Wildman–Crippen LogP) is 5.28. The molecule has 8 nitrogen and oxygen atoms in total. The van der Waals surface area contributed by atoms with Crippen LogP contribution in [0.3, 0.4) is 0 Å². The van der Waals surface area contributed by atoms with Crippen LogP contribution in [-0.2, 0) is 0 Å². The Morgan fingerprint density at radius 3 is 2.31 bits per heavy atom. The summed E-state index contributed by atoms with van der Waals surface area (Å²) in [6, 6.07) is 13.5. The molecule has 4 aliphatic rings. The number of nitrogens with one attached hydrogen (secondary N) is 1. The first-order valence-electron chi connectivity index (χ1n) is 16.9. The minimum absolute atomic E-state index is 0.167. The van der Waals surface area contributed by atoms with E-state index in [4.69, 9.17) is 4.98 Å². The van der Waals surface area contributed by atoms with Crippen molar-refractivity contribution in [2.75, 3.05) is 62.6 Å². The van der Waals surface area contributed by atoms with Crippen LogP contribution in [0.2, 0.25) is 0 Å². The molecule has 1 saturated carbocycles. The SMILES string of the molecule is O=C(c1ccccc1)N1CCN(CCC[C@@H]2[C@@H](Nc3nccc(N4CCCCCC4)n3)CCN2C2CCCCC2)CC1. The van der Waals surface area contributed by atoms with Crippen LogP contribution in [0.15, 0.2) is 42.6 Å². The molecule has 0 radical (unpaired) electrons. The molecule has 2 atom stereocenters. The van der Waals surface area contributed by atoms with Gasteiger partial charge in [-0.05, 0) is 69.7 Å². The van der Waals surface area contributed by atoms with E-state index >= 15 is 0 Å². The minimum atomic E-state index is 0.167. The van der Waals surface area contributed by atoms with Crippen LogP contribution in [0, 0.1) is 0 Å². The summed E-state index contributed by atoms with van der Waals surface area (Å²) in [6.45, 7) is 8.07. The van der Waals surface area contributed by atoms with Crippen LogP contribution in [0.5, 0.6) is 0 Å². The fourth-order valence-corrected chi connectivity index (χ4v) is 7.80. The molecule has 0 unspecified atom stereocenters. The molecule has 8 heteroatoms. The van der Waals surface area contributed by atoms with Crippen molar-refractivity contribution >= 4 is 17.7 Å². The molecule has 1 aromatic heterocycles. The van der Waals surface area contributed by atoms with E-state index in [1.54, 1.807) is 0 Å². The van der Waals surface area contributed by atoms with Gasteiger partial charge in [-0.3, -0.25) is 14.6 Å². The monoisotopic (exact) mass is 573 g/mol. The van der Waals surface area contributed by atoms with Gasteiger partial charge < -0.3 is 15.1 Å². The highest BCUT2D eigenvalue weighted by Crippen LogP contribution is 2.33. The van der Waals surface area contributed by atoms with E-state index in [0.717, 1.165) is 69.2 Å². The zero-order chi connectivity index (χ0) is 28.6. The third-order valence-corrected chi connectivity index (χ3v) is 10.2. The molecule has 1 aromatic carbocycles. The summed E-state index contributed by atoms with van der Waals surface area (Å²) >= 11 is 0. The Morgan fingerprint density at radius 1 is 0.810 bits per heavy atom. The maximum atomic E-state index is 12.9. The van der Waals surface area contributed by atoms with Gasteiger partial charge in [-0.2, -0.15) is 4.98 Å². The zero-order valence-electron chi connectivity index (χ0n) is 25.5. The summed E-state index contributed by atoms with van der Waals surface area (Å²) in [4.78, 5) is 32.5. The van der Waals surface area contributed by atoms with Crippen molar-refractivity contribution in [2.45, 2.75) is 95.2 Å². The van der Waals surface area contributed by atoms with E-state index < -0.39 is 0 Å². The lowest BCUT2D eigenvalue weighted by Crippen LogP contribution is -2.49. The number of rotatable bonds is 9. The largest absolute Gasteiger partial charge is 0.356 e. The molecule has 6 rings (SSSR count). The van der Waals surface area contributed by atoms with Crippen LogP contribution in [0.25, 0.3) is 0 Å². The van der Waals surface area contributed by atoms with Gasteiger partial charge in [-0.15, -0.1) is 0 Å². The number of aromatic nitrogens is 2. The second kappa shape index (κ2) is 14.6. The third kappa shape index (κ3) is 7.43. The van der Waals surface area contributed by atoms with Gasteiger partial charge in [0.15, 0.2) is 0 Å². The average molecular weight is 574 g/mol. The Hall–Kier alpha value is -2.71. The lowest BCUT2D eigenvalue weighted by molar-refractivity contribution is 0.0629. The standard InChI is InChI=1S/C34H51N7O/c42-33(28-12-5-3-6-13-28)40-26-24-38(25-27-40)20-11-16-31-30(18-23-41(31)29-14-7-4-8-15-29)36-34-35-19-17-32(37-34)39-21-9-1-2-10-22-39/h3,5-6,12-13,17,19,29-31H,1-2,4,7-11,14-16,18,20-27H2,(H,35,36,37)/t30-,31+/m0/s1. The molecule has 0 bridgehead atoms. The van der Waals surface area contributed by atoms with E-state index in [-0.39, 0.29) is 5.91 Å². The van der Waals surface area contributed by atoms with Gasteiger partial charge in [0.2, 0.25) is 5.95 Å². The summed E-state index contributed by atoms with van der Waals surface area (Å²) in [7, 11) is 0. The Kier molecular flexibility index (Phi) is 10.2.